The lowest BCUT2D eigenvalue weighted by atomic mass is 10.3. The summed E-state index contributed by atoms with van der Waals surface area (Å²) in [4.78, 5) is 13.7. The molecule has 3 heteroatoms. The van der Waals surface area contributed by atoms with Crippen LogP contribution < -0.4 is 0 Å². The van der Waals surface area contributed by atoms with Crippen LogP contribution in [-0.2, 0) is 4.79 Å². The van der Waals surface area contributed by atoms with Crippen LogP contribution >= 0.6 is 0 Å². The van der Waals surface area contributed by atoms with Crippen LogP contribution in [0.5, 0.6) is 0 Å². The van der Waals surface area contributed by atoms with Gasteiger partial charge in [-0.2, -0.15) is 0 Å². The van der Waals surface area contributed by atoms with Crippen molar-refractivity contribution in [2.45, 2.75) is 13.0 Å². The molecule has 0 radical (unpaired) electrons. The van der Waals surface area contributed by atoms with Crippen molar-refractivity contribution in [3.05, 3.63) is 12.8 Å². The van der Waals surface area contributed by atoms with Gasteiger partial charge in [0.15, 0.2) is 5.78 Å². The van der Waals surface area contributed by atoms with Crippen molar-refractivity contribution in [2.24, 2.45) is 4.99 Å². The van der Waals surface area contributed by atoms with Gasteiger partial charge < -0.3 is 5.11 Å². The van der Waals surface area contributed by atoms with E-state index >= 15 is 0 Å². The topological polar surface area (TPSA) is 49.7 Å². The number of nitrogens with zero attached hydrogens (tertiary/aromatic N) is 1. The van der Waals surface area contributed by atoms with Gasteiger partial charge in [0.2, 0.25) is 0 Å². The molecule has 0 spiro atoms. The van der Waals surface area contributed by atoms with Gasteiger partial charge >= 0.3 is 0 Å². The highest BCUT2D eigenvalue weighted by Crippen LogP contribution is 1.79. The fourth-order valence-electron chi connectivity index (χ4n) is 0.247. The van der Waals surface area contributed by atoms with E-state index in [1.54, 1.807) is 0 Å². The second kappa shape index (κ2) is 3.97. The molecule has 0 amide bonds. The summed E-state index contributed by atoms with van der Waals surface area (Å²) in [5.74, 6) is -0.319. The van der Waals surface area contributed by atoms with Gasteiger partial charge in [-0.05, 0) is 6.92 Å². The van der Waals surface area contributed by atoms with Crippen molar-refractivity contribution < 1.29 is 9.90 Å². The Kier molecular flexibility index (Phi) is 3.55. The fraction of sp³-hybridized carbons (Fsp3) is 0.333. The lowest BCUT2D eigenvalue weighted by Gasteiger charge is -1.94. The Hall–Kier alpha value is -0.960. The average Bonchev–Trinajstić information content (AvgIpc) is 1.82. The number of carbonyl (C=O) groups is 1. The van der Waals surface area contributed by atoms with Crippen LogP contribution in [0.2, 0.25) is 0 Å². The smallest absolute Gasteiger partial charge is 0.163 e. The zero-order valence-corrected chi connectivity index (χ0v) is 5.24. The Balaban J connectivity index is 3.75. The predicted molar refractivity (Wildman–Crippen MR) is 35.4 cm³/mol. The van der Waals surface area contributed by atoms with Gasteiger partial charge in [-0.25, -0.2) is 0 Å². The molecule has 0 aromatic rings. The first-order chi connectivity index (χ1) is 4.18. The zero-order valence-electron chi connectivity index (χ0n) is 5.24. The van der Waals surface area contributed by atoms with Crippen LogP contribution in [0, 0.1) is 0 Å². The summed E-state index contributed by atoms with van der Waals surface area (Å²) in [5, 5.41) is 8.71. The van der Waals surface area contributed by atoms with Gasteiger partial charge in [-0.15, -0.1) is 0 Å². The van der Waals surface area contributed by atoms with Crippen molar-refractivity contribution >= 4 is 12.0 Å². The standard InChI is InChI=1S/C6H9NO2/c1-3-7-4-6(9)5(2)8/h3-4,6,9H,1H2,2H3. The summed E-state index contributed by atoms with van der Waals surface area (Å²) in [6.45, 7) is 4.56. The van der Waals surface area contributed by atoms with Gasteiger partial charge in [0, 0.05) is 12.4 Å². The largest absolute Gasteiger partial charge is 0.380 e. The molecule has 1 N–H and O–H groups in total. The molecule has 0 saturated carbocycles. The molecule has 0 aliphatic carbocycles. The number of Topliss-reactive ketones (excluding diaryl/α,β-unsaturated/α-hetero) is 1. The van der Waals surface area contributed by atoms with E-state index in [4.69, 9.17) is 5.11 Å². The lowest BCUT2D eigenvalue weighted by Crippen LogP contribution is -2.17. The molecule has 0 aliphatic rings. The number of aliphatic hydroxyl groups is 1. The molecule has 3 nitrogen and oxygen atoms in total. The third-order valence-electron chi connectivity index (χ3n) is 0.749. The van der Waals surface area contributed by atoms with Crippen LogP contribution in [0.3, 0.4) is 0 Å². The first-order valence-corrected chi connectivity index (χ1v) is 2.51. The van der Waals surface area contributed by atoms with Crippen LogP contribution in [0.25, 0.3) is 0 Å². The number of rotatable bonds is 3. The first kappa shape index (κ1) is 8.04. The third kappa shape index (κ3) is 3.61. The van der Waals surface area contributed by atoms with E-state index in [9.17, 15) is 4.79 Å². The Bertz CT molecular complexity index is 140. The maximum absolute atomic E-state index is 10.3. The van der Waals surface area contributed by atoms with E-state index in [-0.39, 0.29) is 5.78 Å². The van der Waals surface area contributed by atoms with E-state index in [0.717, 1.165) is 6.21 Å². The molecule has 50 valence electrons. The van der Waals surface area contributed by atoms with Gasteiger partial charge in [0.1, 0.15) is 6.10 Å². The molecule has 9 heavy (non-hydrogen) atoms. The summed E-state index contributed by atoms with van der Waals surface area (Å²) in [6.07, 6.45) is 1.31. The lowest BCUT2D eigenvalue weighted by molar-refractivity contribution is -0.121. The number of hydrogen-bond donors (Lipinski definition) is 1. The fourth-order valence-corrected chi connectivity index (χ4v) is 0.247. The highest BCUT2D eigenvalue weighted by molar-refractivity contribution is 5.95. The van der Waals surface area contributed by atoms with Gasteiger partial charge in [0.25, 0.3) is 0 Å². The summed E-state index contributed by atoms with van der Waals surface area (Å²) >= 11 is 0. The quantitative estimate of drug-likeness (QED) is 0.548. The van der Waals surface area contributed by atoms with Crippen molar-refractivity contribution in [1.82, 2.24) is 0 Å². The van der Waals surface area contributed by atoms with Crippen molar-refractivity contribution in [3.63, 3.8) is 0 Å². The number of carbonyl (C=O) groups excluding carboxylic acids is 1. The molecule has 0 aromatic carbocycles. The zero-order chi connectivity index (χ0) is 7.28. The van der Waals surface area contributed by atoms with E-state index in [2.05, 4.69) is 11.6 Å². The highest BCUT2D eigenvalue weighted by Gasteiger charge is 2.03. The molecule has 0 saturated heterocycles. The monoisotopic (exact) mass is 127 g/mol. The predicted octanol–water partition coefficient (Wildman–Crippen LogP) is 0.151. The highest BCUT2D eigenvalue weighted by atomic mass is 16.3. The summed E-state index contributed by atoms with van der Waals surface area (Å²) in [6, 6.07) is 0. The number of ketones is 1. The van der Waals surface area contributed by atoms with E-state index in [1.165, 1.54) is 13.1 Å². The molecule has 1 atom stereocenters. The first-order valence-electron chi connectivity index (χ1n) is 2.51. The van der Waals surface area contributed by atoms with Crippen molar-refractivity contribution in [1.29, 1.82) is 0 Å². The third-order valence-corrected chi connectivity index (χ3v) is 0.749. The minimum absolute atomic E-state index is 0.319. The minimum Gasteiger partial charge on any atom is -0.380 e. The van der Waals surface area contributed by atoms with Gasteiger partial charge in [0.05, 0.1) is 0 Å². The van der Waals surface area contributed by atoms with E-state index in [1.807, 2.05) is 0 Å². The minimum atomic E-state index is -1.08. The number of hydrogen-bond acceptors (Lipinski definition) is 3. The summed E-state index contributed by atoms with van der Waals surface area (Å²) in [7, 11) is 0. The number of aliphatic imine (C=N–C) groups is 1. The van der Waals surface area contributed by atoms with Crippen LogP contribution in [-0.4, -0.2) is 23.2 Å². The maximum atomic E-state index is 10.3. The van der Waals surface area contributed by atoms with Crippen LogP contribution in [0.1, 0.15) is 6.92 Å². The normalized spacial score (nSPS) is 13.6. The molecule has 0 heterocycles. The molecule has 0 rings (SSSR count). The molecular formula is C6H9NO2. The Morgan fingerprint density at radius 3 is 2.78 bits per heavy atom. The molecular weight excluding hydrogens is 118 g/mol. The van der Waals surface area contributed by atoms with E-state index < -0.39 is 6.10 Å². The number of aliphatic hydroxyl groups excluding tert-OH is 1. The molecule has 1 unspecified atom stereocenters. The van der Waals surface area contributed by atoms with Gasteiger partial charge in [-0.1, -0.05) is 6.58 Å². The average molecular weight is 127 g/mol. The SMILES string of the molecule is C=CN=CC(O)C(C)=O. The van der Waals surface area contributed by atoms with Crippen molar-refractivity contribution in [2.75, 3.05) is 0 Å². The maximum Gasteiger partial charge on any atom is 0.163 e. The second-order valence-corrected chi connectivity index (χ2v) is 1.54. The second-order valence-electron chi connectivity index (χ2n) is 1.54. The summed E-state index contributed by atoms with van der Waals surface area (Å²) < 4.78 is 0. The molecule has 0 aromatic heterocycles. The van der Waals surface area contributed by atoms with Crippen LogP contribution in [0.4, 0.5) is 0 Å². The van der Waals surface area contributed by atoms with Crippen LogP contribution in [0.15, 0.2) is 17.8 Å². The summed E-state index contributed by atoms with van der Waals surface area (Å²) in [5.41, 5.74) is 0. The molecule has 0 bridgehead atoms. The van der Waals surface area contributed by atoms with E-state index in [0.29, 0.717) is 0 Å². The van der Waals surface area contributed by atoms with Crippen molar-refractivity contribution in [3.8, 4) is 0 Å². The molecule has 0 aliphatic heterocycles. The Labute approximate surface area is 53.7 Å². The van der Waals surface area contributed by atoms with Gasteiger partial charge in [-0.3, -0.25) is 9.79 Å². The Morgan fingerprint density at radius 1 is 1.89 bits per heavy atom. The Morgan fingerprint density at radius 2 is 2.44 bits per heavy atom. The molecule has 0 fully saturated rings.